The van der Waals surface area contributed by atoms with Gasteiger partial charge in [-0.25, -0.2) is 0 Å². The molecule has 0 spiro atoms. The van der Waals surface area contributed by atoms with Crippen molar-refractivity contribution in [1.29, 1.82) is 0 Å². The highest BCUT2D eigenvalue weighted by molar-refractivity contribution is 5.77. The number of rotatable bonds is 8. The lowest BCUT2D eigenvalue weighted by atomic mass is 10.3. The fourth-order valence-corrected chi connectivity index (χ4v) is 1.03. The molecule has 0 heterocycles. The third-order valence-electron chi connectivity index (χ3n) is 1.71. The van der Waals surface area contributed by atoms with E-state index in [1.807, 2.05) is 0 Å². The Morgan fingerprint density at radius 3 is 2.38 bits per heavy atom. The molecular weight excluding hydrogens is 164 g/mol. The molecule has 0 unspecified atom stereocenters. The third kappa shape index (κ3) is 11.6. The van der Waals surface area contributed by atoms with Crippen LogP contribution in [0.2, 0.25) is 0 Å². The van der Waals surface area contributed by atoms with Crippen molar-refractivity contribution in [2.45, 2.75) is 39.7 Å². The Labute approximate surface area is 81.3 Å². The van der Waals surface area contributed by atoms with E-state index in [9.17, 15) is 4.79 Å². The molecule has 0 saturated carbocycles. The first kappa shape index (κ1) is 12.6. The van der Waals surface area contributed by atoms with Crippen molar-refractivity contribution in [2.24, 2.45) is 0 Å². The smallest absolute Gasteiger partial charge is 0.143 e. The van der Waals surface area contributed by atoms with E-state index in [1.165, 1.54) is 6.42 Å². The van der Waals surface area contributed by atoms with Crippen LogP contribution in [0.3, 0.4) is 0 Å². The van der Waals surface area contributed by atoms with E-state index in [0.29, 0.717) is 12.6 Å². The lowest BCUT2D eigenvalue weighted by Crippen LogP contribution is -2.26. The molecule has 0 radical (unpaired) electrons. The second-order valence-electron chi connectivity index (χ2n) is 3.69. The van der Waals surface area contributed by atoms with Crippen LogP contribution in [0.15, 0.2) is 0 Å². The number of ketones is 1. The van der Waals surface area contributed by atoms with Gasteiger partial charge in [0.15, 0.2) is 0 Å². The van der Waals surface area contributed by atoms with E-state index in [4.69, 9.17) is 0 Å². The highest BCUT2D eigenvalue weighted by atomic mass is 16.1. The molecule has 0 bridgehead atoms. The summed E-state index contributed by atoms with van der Waals surface area (Å²) in [6.45, 7) is 8.42. The normalized spacial score (nSPS) is 10.8. The van der Waals surface area contributed by atoms with Gasteiger partial charge in [0, 0.05) is 6.04 Å². The Morgan fingerprint density at radius 1 is 1.23 bits per heavy atom. The van der Waals surface area contributed by atoms with Crippen LogP contribution in [0.25, 0.3) is 0 Å². The van der Waals surface area contributed by atoms with E-state index < -0.39 is 0 Å². The van der Waals surface area contributed by atoms with Crippen LogP contribution in [0.1, 0.15) is 33.6 Å². The summed E-state index contributed by atoms with van der Waals surface area (Å²) < 4.78 is 0. The Bertz CT molecular complexity index is 135. The third-order valence-corrected chi connectivity index (χ3v) is 1.71. The molecule has 0 aliphatic heterocycles. The Balaban J connectivity index is 2.96. The van der Waals surface area contributed by atoms with Crippen molar-refractivity contribution in [3.8, 4) is 0 Å². The molecule has 3 heteroatoms. The van der Waals surface area contributed by atoms with E-state index in [0.717, 1.165) is 19.5 Å². The molecule has 0 rings (SSSR count). The van der Waals surface area contributed by atoms with Crippen LogP contribution in [-0.2, 0) is 4.79 Å². The number of nitrogens with one attached hydrogen (secondary N) is 2. The first-order chi connectivity index (χ1) is 6.13. The van der Waals surface area contributed by atoms with Crippen molar-refractivity contribution in [1.82, 2.24) is 10.6 Å². The van der Waals surface area contributed by atoms with Gasteiger partial charge in [0.1, 0.15) is 5.78 Å². The lowest BCUT2D eigenvalue weighted by molar-refractivity contribution is -0.116. The van der Waals surface area contributed by atoms with Crippen molar-refractivity contribution >= 4 is 5.78 Å². The second-order valence-corrected chi connectivity index (χ2v) is 3.69. The summed E-state index contributed by atoms with van der Waals surface area (Å²) in [5, 5.41) is 6.45. The maximum atomic E-state index is 10.5. The number of carbonyl (C=O) groups is 1. The number of hydrogen-bond acceptors (Lipinski definition) is 3. The van der Waals surface area contributed by atoms with Gasteiger partial charge in [0.2, 0.25) is 0 Å². The van der Waals surface area contributed by atoms with Gasteiger partial charge in [-0.2, -0.15) is 0 Å². The van der Waals surface area contributed by atoms with Crippen LogP contribution < -0.4 is 10.6 Å². The fourth-order valence-electron chi connectivity index (χ4n) is 1.03. The van der Waals surface area contributed by atoms with E-state index >= 15 is 0 Å². The van der Waals surface area contributed by atoms with E-state index in [1.54, 1.807) is 6.92 Å². The fraction of sp³-hybridized carbons (Fsp3) is 0.900. The van der Waals surface area contributed by atoms with Gasteiger partial charge in [-0.15, -0.1) is 0 Å². The van der Waals surface area contributed by atoms with Crippen molar-refractivity contribution in [2.75, 3.05) is 19.6 Å². The van der Waals surface area contributed by atoms with E-state index in [-0.39, 0.29) is 5.78 Å². The Kier molecular flexibility index (Phi) is 7.94. The summed E-state index contributed by atoms with van der Waals surface area (Å²) in [5.41, 5.74) is 0. The first-order valence-electron chi connectivity index (χ1n) is 5.06. The van der Waals surface area contributed by atoms with Crippen LogP contribution >= 0.6 is 0 Å². The molecule has 0 fully saturated rings. The zero-order chi connectivity index (χ0) is 10.1. The minimum absolute atomic E-state index is 0.209. The van der Waals surface area contributed by atoms with Crippen molar-refractivity contribution in [3.05, 3.63) is 0 Å². The lowest BCUT2D eigenvalue weighted by Gasteiger charge is -2.07. The van der Waals surface area contributed by atoms with Crippen LogP contribution in [-0.4, -0.2) is 31.5 Å². The molecule has 0 aromatic heterocycles. The predicted octanol–water partition coefficient (Wildman–Crippen LogP) is 0.943. The summed E-state index contributed by atoms with van der Waals surface area (Å²) in [7, 11) is 0. The minimum Gasteiger partial charge on any atom is -0.315 e. The zero-order valence-corrected chi connectivity index (χ0v) is 9.02. The van der Waals surface area contributed by atoms with Crippen LogP contribution in [0.4, 0.5) is 0 Å². The molecule has 0 saturated heterocycles. The maximum Gasteiger partial charge on any atom is 0.143 e. The van der Waals surface area contributed by atoms with Gasteiger partial charge >= 0.3 is 0 Å². The summed E-state index contributed by atoms with van der Waals surface area (Å²) in [4.78, 5) is 10.5. The zero-order valence-electron chi connectivity index (χ0n) is 9.02. The molecule has 0 atom stereocenters. The highest BCUT2D eigenvalue weighted by Crippen LogP contribution is 1.86. The largest absolute Gasteiger partial charge is 0.315 e. The van der Waals surface area contributed by atoms with Gasteiger partial charge in [0.25, 0.3) is 0 Å². The van der Waals surface area contributed by atoms with Crippen LogP contribution in [0.5, 0.6) is 0 Å². The average molecular weight is 186 g/mol. The predicted molar refractivity (Wildman–Crippen MR) is 55.9 cm³/mol. The molecule has 0 amide bonds. The summed E-state index contributed by atoms with van der Waals surface area (Å²) in [5.74, 6) is 0.209. The second kappa shape index (κ2) is 8.20. The summed E-state index contributed by atoms with van der Waals surface area (Å²) in [6.07, 6.45) is 2.30. The quantitative estimate of drug-likeness (QED) is 0.554. The average Bonchev–Trinajstić information content (AvgIpc) is 2.01. The standard InChI is InChI=1S/C10H22N2O/c1-9(2)12-7-5-4-6-11-8-10(3)13/h9,11-12H,4-8H2,1-3H3. The molecule has 0 aromatic carbocycles. The first-order valence-corrected chi connectivity index (χ1v) is 5.06. The molecule has 2 N–H and O–H groups in total. The van der Waals surface area contributed by atoms with Crippen LogP contribution in [0, 0.1) is 0 Å². The Morgan fingerprint density at radius 2 is 1.85 bits per heavy atom. The van der Waals surface area contributed by atoms with Crippen molar-refractivity contribution in [3.63, 3.8) is 0 Å². The SMILES string of the molecule is CC(=O)CNCCCCNC(C)C. The van der Waals surface area contributed by atoms with Crippen molar-refractivity contribution < 1.29 is 4.79 Å². The molecule has 0 aromatic rings. The van der Waals surface area contributed by atoms with Gasteiger partial charge in [-0.05, 0) is 32.9 Å². The van der Waals surface area contributed by atoms with Gasteiger partial charge in [-0.3, -0.25) is 4.79 Å². The topological polar surface area (TPSA) is 41.1 Å². The number of carbonyl (C=O) groups excluding carboxylic acids is 1. The molecule has 13 heavy (non-hydrogen) atoms. The molecule has 0 aliphatic carbocycles. The molecular formula is C10H22N2O. The maximum absolute atomic E-state index is 10.5. The minimum atomic E-state index is 0.209. The van der Waals surface area contributed by atoms with Gasteiger partial charge in [-0.1, -0.05) is 13.8 Å². The summed E-state index contributed by atoms with van der Waals surface area (Å²) >= 11 is 0. The highest BCUT2D eigenvalue weighted by Gasteiger charge is 1.93. The molecule has 78 valence electrons. The van der Waals surface area contributed by atoms with E-state index in [2.05, 4.69) is 24.5 Å². The Hall–Kier alpha value is -0.410. The molecule has 0 aliphatic rings. The number of hydrogen-bond donors (Lipinski definition) is 2. The summed E-state index contributed by atoms with van der Waals surface area (Å²) in [6, 6.07) is 0.574. The monoisotopic (exact) mass is 186 g/mol. The number of unbranched alkanes of at least 4 members (excludes halogenated alkanes) is 1. The van der Waals surface area contributed by atoms with Gasteiger partial charge < -0.3 is 10.6 Å². The molecule has 3 nitrogen and oxygen atoms in total. The van der Waals surface area contributed by atoms with Gasteiger partial charge in [0.05, 0.1) is 6.54 Å². The number of Topliss-reactive ketones (excluding diaryl/α,β-unsaturated/α-hetero) is 1.